The van der Waals surface area contributed by atoms with Crippen LogP contribution >= 0.6 is 22.6 Å². The third kappa shape index (κ3) is 2.75. The summed E-state index contributed by atoms with van der Waals surface area (Å²) in [6.07, 6.45) is 2.05. The van der Waals surface area contributed by atoms with E-state index in [4.69, 9.17) is 0 Å². The SMILES string of the molecule is CC(C)NCc1cn(C)nc1I. The molecule has 0 bridgehead atoms. The molecule has 68 valence electrons. The quantitative estimate of drug-likeness (QED) is 0.850. The predicted octanol–water partition coefficient (Wildman–Crippen LogP) is 1.52. The Morgan fingerprint density at radius 1 is 1.67 bits per heavy atom. The van der Waals surface area contributed by atoms with Crippen molar-refractivity contribution in [3.63, 3.8) is 0 Å². The standard InChI is InChI=1S/C8H14IN3/c1-6(2)10-4-7-5-12(3)11-8(7)9/h5-6,10H,4H2,1-3H3. The van der Waals surface area contributed by atoms with E-state index in [1.165, 1.54) is 5.56 Å². The lowest BCUT2D eigenvalue weighted by molar-refractivity contribution is 0.587. The Morgan fingerprint density at radius 2 is 2.33 bits per heavy atom. The highest BCUT2D eigenvalue weighted by atomic mass is 127. The molecule has 0 aliphatic rings. The minimum Gasteiger partial charge on any atom is -0.310 e. The Balaban J connectivity index is 2.57. The molecule has 0 saturated carbocycles. The molecular weight excluding hydrogens is 265 g/mol. The zero-order chi connectivity index (χ0) is 9.14. The summed E-state index contributed by atoms with van der Waals surface area (Å²) >= 11 is 2.26. The summed E-state index contributed by atoms with van der Waals surface area (Å²) in [5, 5.41) is 7.61. The summed E-state index contributed by atoms with van der Waals surface area (Å²) in [7, 11) is 1.95. The van der Waals surface area contributed by atoms with Crippen molar-refractivity contribution in [2.45, 2.75) is 26.4 Å². The molecule has 1 N–H and O–H groups in total. The number of nitrogens with one attached hydrogen (secondary N) is 1. The van der Waals surface area contributed by atoms with Crippen molar-refractivity contribution >= 4 is 22.6 Å². The van der Waals surface area contributed by atoms with Crippen LogP contribution in [-0.2, 0) is 13.6 Å². The van der Waals surface area contributed by atoms with E-state index in [0.717, 1.165) is 10.2 Å². The van der Waals surface area contributed by atoms with Crippen molar-refractivity contribution in [1.82, 2.24) is 15.1 Å². The molecule has 0 unspecified atom stereocenters. The highest BCUT2D eigenvalue weighted by molar-refractivity contribution is 14.1. The summed E-state index contributed by atoms with van der Waals surface area (Å²) in [5.74, 6) is 0. The van der Waals surface area contributed by atoms with E-state index in [0.29, 0.717) is 6.04 Å². The average Bonchev–Trinajstić information content (AvgIpc) is 2.26. The first-order valence-electron chi connectivity index (χ1n) is 4.01. The Hall–Kier alpha value is -0.100. The fourth-order valence-electron chi connectivity index (χ4n) is 0.943. The van der Waals surface area contributed by atoms with Crippen molar-refractivity contribution in [1.29, 1.82) is 0 Å². The van der Waals surface area contributed by atoms with E-state index < -0.39 is 0 Å². The molecule has 0 fully saturated rings. The Morgan fingerprint density at radius 3 is 2.75 bits per heavy atom. The van der Waals surface area contributed by atoms with Gasteiger partial charge in [-0.3, -0.25) is 4.68 Å². The van der Waals surface area contributed by atoms with Gasteiger partial charge in [0.25, 0.3) is 0 Å². The molecule has 1 aromatic rings. The van der Waals surface area contributed by atoms with Crippen LogP contribution in [0.5, 0.6) is 0 Å². The predicted molar refractivity (Wildman–Crippen MR) is 57.9 cm³/mol. The van der Waals surface area contributed by atoms with E-state index in [9.17, 15) is 0 Å². The number of nitrogens with zero attached hydrogens (tertiary/aromatic N) is 2. The van der Waals surface area contributed by atoms with Crippen LogP contribution in [0, 0.1) is 3.70 Å². The highest BCUT2D eigenvalue weighted by Gasteiger charge is 2.03. The van der Waals surface area contributed by atoms with Gasteiger partial charge < -0.3 is 5.32 Å². The van der Waals surface area contributed by atoms with Crippen molar-refractivity contribution < 1.29 is 0 Å². The van der Waals surface area contributed by atoms with Gasteiger partial charge in [-0.05, 0) is 22.6 Å². The molecule has 3 nitrogen and oxygen atoms in total. The third-order valence-corrected chi connectivity index (χ3v) is 2.46. The largest absolute Gasteiger partial charge is 0.310 e. The van der Waals surface area contributed by atoms with E-state index in [1.807, 2.05) is 11.7 Å². The minimum absolute atomic E-state index is 0.529. The molecule has 0 atom stereocenters. The van der Waals surface area contributed by atoms with Crippen LogP contribution in [0.4, 0.5) is 0 Å². The molecule has 0 aliphatic heterocycles. The van der Waals surface area contributed by atoms with E-state index in [-0.39, 0.29) is 0 Å². The van der Waals surface area contributed by atoms with Gasteiger partial charge in [-0.1, -0.05) is 13.8 Å². The average molecular weight is 279 g/mol. The summed E-state index contributed by atoms with van der Waals surface area (Å²) in [6.45, 7) is 5.19. The molecule has 1 rings (SSSR count). The maximum atomic E-state index is 4.25. The maximum absolute atomic E-state index is 4.25. The Bertz CT molecular complexity index is 255. The molecule has 1 aromatic heterocycles. The van der Waals surface area contributed by atoms with Crippen molar-refractivity contribution in [3.05, 3.63) is 15.5 Å². The molecule has 0 amide bonds. The van der Waals surface area contributed by atoms with Gasteiger partial charge in [-0.15, -0.1) is 0 Å². The zero-order valence-corrected chi connectivity index (χ0v) is 9.79. The first kappa shape index (κ1) is 9.98. The van der Waals surface area contributed by atoms with Crippen LogP contribution in [0.3, 0.4) is 0 Å². The van der Waals surface area contributed by atoms with Gasteiger partial charge in [-0.25, -0.2) is 0 Å². The lowest BCUT2D eigenvalue weighted by atomic mass is 10.3. The number of rotatable bonds is 3. The molecule has 0 spiro atoms. The third-order valence-electron chi connectivity index (χ3n) is 1.55. The first-order valence-corrected chi connectivity index (χ1v) is 5.09. The molecule has 1 heterocycles. The van der Waals surface area contributed by atoms with Gasteiger partial charge in [0.05, 0.1) is 0 Å². The first-order chi connectivity index (χ1) is 5.59. The number of aromatic nitrogens is 2. The van der Waals surface area contributed by atoms with Crippen LogP contribution in [0.2, 0.25) is 0 Å². The van der Waals surface area contributed by atoms with E-state index in [2.05, 4.69) is 53.1 Å². The Labute approximate surface area is 86.7 Å². The maximum Gasteiger partial charge on any atom is 0.127 e. The molecule has 0 saturated heterocycles. The zero-order valence-electron chi connectivity index (χ0n) is 7.63. The summed E-state index contributed by atoms with van der Waals surface area (Å²) < 4.78 is 2.93. The Kier molecular flexibility index (Phi) is 3.52. The van der Waals surface area contributed by atoms with Crippen LogP contribution in [0.1, 0.15) is 19.4 Å². The molecule has 4 heteroatoms. The topological polar surface area (TPSA) is 29.9 Å². The minimum atomic E-state index is 0.529. The second-order valence-electron chi connectivity index (χ2n) is 3.15. The fraction of sp³-hybridized carbons (Fsp3) is 0.625. The fourth-order valence-corrected chi connectivity index (χ4v) is 1.61. The lowest BCUT2D eigenvalue weighted by Gasteiger charge is -2.05. The monoisotopic (exact) mass is 279 g/mol. The van der Waals surface area contributed by atoms with Crippen LogP contribution in [0.15, 0.2) is 6.20 Å². The second-order valence-corrected chi connectivity index (χ2v) is 4.18. The summed E-state index contributed by atoms with van der Waals surface area (Å²) in [4.78, 5) is 0. The van der Waals surface area contributed by atoms with Crippen LogP contribution in [-0.4, -0.2) is 15.8 Å². The van der Waals surface area contributed by atoms with Crippen molar-refractivity contribution in [3.8, 4) is 0 Å². The van der Waals surface area contributed by atoms with Crippen LogP contribution < -0.4 is 5.32 Å². The van der Waals surface area contributed by atoms with E-state index >= 15 is 0 Å². The van der Waals surface area contributed by atoms with Gasteiger partial charge in [0.1, 0.15) is 3.70 Å². The van der Waals surface area contributed by atoms with Crippen LogP contribution in [0.25, 0.3) is 0 Å². The summed E-state index contributed by atoms with van der Waals surface area (Å²) in [5.41, 5.74) is 1.27. The summed E-state index contributed by atoms with van der Waals surface area (Å²) in [6, 6.07) is 0.529. The lowest BCUT2D eigenvalue weighted by Crippen LogP contribution is -2.21. The number of hydrogen-bond donors (Lipinski definition) is 1. The molecule has 0 aliphatic carbocycles. The normalized spacial score (nSPS) is 11.1. The van der Waals surface area contributed by atoms with Gasteiger partial charge in [-0.2, -0.15) is 5.10 Å². The van der Waals surface area contributed by atoms with Gasteiger partial charge in [0.2, 0.25) is 0 Å². The molecular formula is C8H14IN3. The van der Waals surface area contributed by atoms with E-state index in [1.54, 1.807) is 0 Å². The number of halogens is 1. The molecule has 12 heavy (non-hydrogen) atoms. The number of aryl methyl sites for hydroxylation is 1. The van der Waals surface area contributed by atoms with Gasteiger partial charge >= 0.3 is 0 Å². The number of hydrogen-bond acceptors (Lipinski definition) is 2. The molecule has 0 aromatic carbocycles. The van der Waals surface area contributed by atoms with Gasteiger partial charge in [0.15, 0.2) is 0 Å². The van der Waals surface area contributed by atoms with Crippen molar-refractivity contribution in [2.75, 3.05) is 0 Å². The van der Waals surface area contributed by atoms with Gasteiger partial charge in [0, 0.05) is 31.4 Å². The van der Waals surface area contributed by atoms with Crippen molar-refractivity contribution in [2.24, 2.45) is 7.05 Å². The highest BCUT2D eigenvalue weighted by Crippen LogP contribution is 2.08. The molecule has 0 radical (unpaired) electrons. The smallest absolute Gasteiger partial charge is 0.127 e. The second kappa shape index (κ2) is 4.23.